The summed E-state index contributed by atoms with van der Waals surface area (Å²) in [5.41, 5.74) is 0.465. The van der Waals surface area contributed by atoms with Crippen LogP contribution in [0.1, 0.15) is 39.7 Å². The second-order valence-corrected chi connectivity index (χ2v) is 7.01. The van der Waals surface area contributed by atoms with Crippen LogP contribution in [-0.4, -0.2) is 23.6 Å². The van der Waals surface area contributed by atoms with Crippen LogP contribution < -0.4 is 0 Å². The summed E-state index contributed by atoms with van der Waals surface area (Å²) in [4.78, 5) is 12.7. The molecule has 3 heteroatoms. The molecular formula is C20H30O3. The van der Waals surface area contributed by atoms with E-state index in [0.717, 1.165) is 5.56 Å². The Morgan fingerprint density at radius 2 is 1.91 bits per heavy atom. The Balaban J connectivity index is 2.56. The molecule has 0 amide bonds. The van der Waals surface area contributed by atoms with Gasteiger partial charge < -0.3 is 9.84 Å². The third-order valence-electron chi connectivity index (χ3n) is 4.29. The number of Topliss-reactive ketones (excluding diaryl/α,β-unsaturated/α-hetero) is 1. The van der Waals surface area contributed by atoms with Gasteiger partial charge in [0, 0.05) is 11.3 Å². The lowest BCUT2D eigenvalue weighted by molar-refractivity contribution is -0.138. The first-order valence-corrected chi connectivity index (χ1v) is 8.24. The predicted molar refractivity (Wildman–Crippen MR) is 94.0 cm³/mol. The first-order chi connectivity index (χ1) is 10.8. The highest BCUT2D eigenvalue weighted by Crippen LogP contribution is 2.27. The minimum atomic E-state index is -0.658. The van der Waals surface area contributed by atoms with Crippen LogP contribution >= 0.6 is 0 Å². The van der Waals surface area contributed by atoms with Crippen molar-refractivity contribution in [2.45, 2.75) is 46.8 Å². The van der Waals surface area contributed by atoms with Gasteiger partial charge in [-0.15, -0.1) is 6.58 Å². The van der Waals surface area contributed by atoms with E-state index in [1.165, 1.54) is 0 Å². The van der Waals surface area contributed by atoms with E-state index in [9.17, 15) is 9.90 Å². The fourth-order valence-corrected chi connectivity index (χ4v) is 2.74. The first-order valence-electron chi connectivity index (χ1n) is 8.24. The molecule has 1 aromatic carbocycles. The lowest BCUT2D eigenvalue weighted by atomic mass is 9.77. The van der Waals surface area contributed by atoms with Crippen LogP contribution in [0.3, 0.4) is 0 Å². The standard InChI is InChI=1S/C20H30O3/c1-6-10-15(2)18(21)16(3)19(22)20(4,5)14-23-13-17-11-8-7-9-12-17/h6-9,11-12,15-16,18,21H,1,10,13-14H2,2-5H3/t15-,16+,18-/m0/s1. The number of ketones is 1. The number of allylic oxidation sites excluding steroid dienone is 1. The summed E-state index contributed by atoms with van der Waals surface area (Å²) in [6, 6.07) is 9.89. The van der Waals surface area contributed by atoms with Gasteiger partial charge in [-0.25, -0.2) is 0 Å². The minimum Gasteiger partial charge on any atom is -0.392 e. The van der Waals surface area contributed by atoms with Crippen LogP contribution in [-0.2, 0) is 16.1 Å². The molecule has 0 spiro atoms. The molecule has 0 aromatic heterocycles. The zero-order chi connectivity index (χ0) is 17.5. The van der Waals surface area contributed by atoms with Crippen molar-refractivity contribution in [3.05, 3.63) is 48.6 Å². The molecule has 0 heterocycles. The van der Waals surface area contributed by atoms with Gasteiger partial charge in [0.2, 0.25) is 0 Å². The van der Waals surface area contributed by atoms with Crippen LogP contribution in [0.25, 0.3) is 0 Å². The number of aliphatic hydroxyl groups excluding tert-OH is 1. The van der Waals surface area contributed by atoms with Crippen molar-refractivity contribution >= 4 is 5.78 Å². The number of hydrogen-bond donors (Lipinski definition) is 1. The highest BCUT2D eigenvalue weighted by atomic mass is 16.5. The number of benzene rings is 1. The third-order valence-corrected chi connectivity index (χ3v) is 4.29. The summed E-state index contributed by atoms with van der Waals surface area (Å²) in [5.74, 6) is -0.360. The molecule has 0 saturated heterocycles. The summed E-state index contributed by atoms with van der Waals surface area (Å²) in [6.07, 6.45) is 1.82. The van der Waals surface area contributed by atoms with E-state index in [4.69, 9.17) is 4.74 Å². The molecule has 0 radical (unpaired) electrons. The molecule has 0 aliphatic rings. The van der Waals surface area contributed by atoms with Crippen LogP contribution in [0.2, 0.25) is 0 Å². The Labute approximate surface area is 140 Å². The topological polar surface area (TPSA) is 46.5 Å². The van der Waals surface area contributed by atoms with Gasteiger partial charge in [0.05, 0.1) is 19.3 Å². The fraction of sp³-hybridized carbons (Fsp3) is 0.550. The average molecular weight is 318 g/mol. The average Bonchev–Trinajstić information content (AvgIpc) is 2.53. The SMILES string of the molecule is C=CC[C@H](C)[C@H](O)[C@@H](C)C(=O)C(C)(C)COCc1ccccc1. The number of rotatable bonds is 10. The van der Waals surface area contributed by atoms with Gasteiger partial charge in [0.15, 0.2) is 0 Å². The van der Waals surface area contributed by atoms with Gasteiger partial charge in [0.25, 0.3) is 0 Å². The van der Waals surface area contributed by atoms with Crippen molar-refractivity contribution in [1.29, 1.82) is 0 Å². The molecule has 3 nitrogen and oxygen atoms in total. The molecule has 0 bridgehead atoms. The second-order valence-electron chi connectivity index (χ2n) is 7.01. The van der Waals surface area contributed by atoms with E-state index in [2.05, 4.69) is 6.58 Å². The van der Waals surface area contributed by atoms with Crippen LogP contribution in [0.4, 0.5) is 0 Å². The highest BCUT2D eigenvalue weighted by Gasteiger charge is 2.36. The van der Waals surface area contributed by atoms with E-state index in [1.807, 2.05) is 51.1 Å². The smallest absolute Gasteiger partial charge is 0.146 e. The Bertz CT molecular complexity index is 493. The maximum atomic E-state index is 12.7. The number of carbonyl (C=O) groups excluding carboxylic acids is 1. The Hall–Kier alpha value is -1.45. The molecule has 1 rings (SSSR count). The van der Waals surface area contributed by atoms with E-state index in [-0.39, 0.29) is 11.7 Å². The summed E-state index contributed by atoms with van der Waals surface area (Å²) in [6.45, 7) is 12.0. The molecule has 0 unspecified atom stereocenters. The van der Waals surface area contributed by atoms with Crippen LogP contribution in [0.15, 0.2) is 43.0 Å². The predicted octanol–water partition coefficient (Wildman–Crippen LogP) is 4.01. The fourth-order valence-electron chi connectivity index (χ4n) is 2.74. The van der Waals surface area contributed by atoms with Crippen molar-refractivity contribution in [1.82, 2.24) is 0 Å². The Morgan fingerprint density at radius 1 is 1.30 bits per heavy atom. The molecular weight excluding hydrogens is 288 g/mol. The van der Waals surface area contributed by atoms with E-state index in [1.54, 1.807) is 13.0 Å². The van der Waals surface area contributed by atoms with Crippen molar-refractivity contribution in [3.63, 3.8) is 0 Å². The summed E-state index contributed by atoms with van der Waals surface area (Å²) in [5, 5.41) is 10.3. The number of ether oxygens (including phenoxy) is 1. The second kappa shape index (κ2) is 8.99. The summed E-state index contributed by atoms with van der Waals surface area (Å²) < 4.78 is 5.72. The normalized spacial score (nSPS) is 15.7. The molecule has 128 valence electrons. The molecule has 0 aliphatic heterocycles. The van der Waals surface area contributed by atoms with Crippen molar-refractivity contribution < 1.29 is 14.6 Å². The number of aliphatic hydroxyl groups is 1. The molecule has 3 atom stereocenters. The Morgan fingerprint density at radius 3 is 2.48 bits per heavy atom. The molecule has 23 heavy (non-hydrogen) atoms. The minimum absolute atomic E-state index is 0.0208. The molecule has 0 aliphatic carbocycles. The van der Waals surface area contributed by atoms with Crippen molar-refractivity contribution in [3.8, 4) is 0 Å². The summed E-state index contributed by atoms with van der Waals surface area (Å²) in [7, 11) is 0. The van der Waals surface area contributed by atoms with E-state index < -0.39 is 17.4 Å². The van der Waals surface area contributed by atoms with Crippen molar-refractivity contribution in [2.24, 2.45) is 17.3 Å². The highest BCUT2D eigenvalue weighted by molar-refractivity contribution is 5.86. The monoisotopic (exact) mass is 318 g/mol. The zero-order valence-electron chi connectivity index (χ0n) is 14.8. The zero-order valence-corrected chi connectivity index (χ0v) is 14.8. The van der Waals surface area contributed by atoms with Crippen molar-refractivity contribution in [2.75, 3.05) is 6.61 Å². The van der Waals surface area contributed by atoms with Gasteiger partial charge in [-0.1, -0.05) is 64.1 Å². The van der Waals surface area contributed by atoms with Gasteiger partial charge in [-0.05, 0) is 17.9 Å². The van der Waals surface area contributed by atoms with Gasteiger partial charge in [-0.3, -0.25) is 4.79 Å². The van der Waals surface area contributed by atoms with Gasteiger partial charge >= 0.3 is 0 Å². The lowest BCUT2D eigenvalue weighted by Crippen LogP contribution is -2.40. The lowest BCUT2D eigenvalue weighted by Gasteiger charge is -2.31. The number of hydrogen-bond acceptors (Lipinski definition) is 3. The van der Waals surface area contributed by atoms with Gasteiger partial charge in [-0.2, -0.15) is 0 Å². The first kappa shape index (κ1) is 19.6. The van der Waals surface area contributed by atoms with Crippen LogP contribution in [0.5, 0.6) is 0 Å². The summed E-state index contributed by atoms with van der Waals surface area (Å²) >= 11 is 0. The van der Waals surface area contributed by atoms with E-state index >= 15 is 0 Å². The quantitative estimate of drug-likeness (QED) is 0.663. The van der Waals surface area contributed by atoms with Gasteiger partial charge in [0.1, 0.15) is 5.78 Å². The molecule has 1 aromatic rings. The molecule has 0 saturated carbocycles. The maximum Gasteiger partial charge on any atom is 0.146 e. The third kappa shape index (κ3) is 5.92. The molecule has 1 N–H and O–H groups in total. The molecule has 0 fully saturated rings. The maximum absolute atomic E-state index is 12.7. The van der Waals surface area contributed by atoms with E-state index in [0.29, 0.717) is 19.6 Å². The largest absolute Gasteiger partial charge is 0.392 e. The number of carbonyl (C=O) groups is 1. The Kier molecular flexibility index (Phi) is 7.66. The van der Waals surface area contributed by atoms with Crippen LogP contribution in [0, 0.1) is 17.3 Å².